The first kappa shape index (κ1) is 17.0. The number of hydrogen-bond acceptors (Lipinski definition) is 4. The van der Waals surface area contributed by atoms with Crippen molar-refractivity contribution in [2.45, 2.75) is 20.0 Å². The number of rotatable bonds is 6. The van der Waals surface area contributed by atoms with E-state index >= 15 is 0 Å². The number of benzene rings is 1. The molecular formula is C17H20FN3O2. The predicted octanol–water partition coefficient (Wildman–Crippen LogP) is 2.45. The maximum absolute atomic E-state index is 13.0. The molecule has 6 heteroatoms. The van der Waals surface area contributed by atoms with Gasteiger partial charge in [0, 0.05) is 18.9 Å². The third-order valence-corrected chi connectivity index (χ3v) is 3.30. The summed E-state index contributed by atoms with van der Waals surface area (Å²) in [5.74, 6) is -0.417. The first-order chi connectivity index (χ1) is 11.0. The number of aromatic nitrogens is 2. The predicted molar refractivity (Wildman–Crippen MR) is 84.1 cm³/mol. The van der Waals surface area contributed by atoms with Gasteiger partial charge in [-0.1, -0.05) is 26.0 Å². The van der Waals surface area contributed by atoms with Crippen LogP contribution in [-0.4, -0.2) is 39.0 Å². The molecule has 5 nitrogen and oxygen atoms in total. The lowest BCUT2D eigenvalue weighted by Gasteiger charge is -2.26. The van der Waals surface area contributed by atoms with E-state index in [1.807, 2.05) is 13.8 Å². The molecule has 2 aromatic rings. The van der Waals surface area contributed by atoms with Crippen LogP contribution >= 0.6 is 0 Å². The molecule has 0 spiro atoms. The second-order valence-electron chi connectivity index (χ2n) is 5.76. The monoisotopic (exact) mass is 317 g/mol. The molecule has 23 heavy (non-hydrogen) atoms. The normalized spacial score (nSPS) is 12.2. The summed E-state index contributed by atoms with van der Waals surface area (Å²) in [6, 6.07) is 5.60. The summed E-state index contributed by atoms with van der Waals surface area (Å²) in [6.07, 6.45) is 3.46. The SMILES string of the molecule is CC(C)CN(CC(O)c1ccc(F)cc1)C(=O)c1cnccn1. The fourth-order valence-corrected chi connectivity index (χ4v) is 2.25. The van der Waals surface area contributed by atoms with Crippen LogP contribution in [0.2, 0.25) is 0 Å². The van der Waals surface area contributed by atoms with Crippen LogP contribution in [0.4, 0.5) is 4.39 Å². The van der Waals surface area contributed by atoms with E-state index in [1.165, 1.54) is 42.9 Å². The average molecular weight is 317 g/mol. The quantitative estimate of drug-likeness (QED) is 0.889. The Balaban J connectivity index is 2.15. The largest absolute Gasteiger partial charge is 0.387 e. The highest BCUT2D eigenvalue weighted by Crippen LogP contribution is 2.17. The second kappa shape index (κ2) is 7.78. The summed E-state index contributed by atoms with van der Waals surface area (Å²) in [5, 5.41) is 10.3. The number of carbonyl (C=O) groups excluding carboxylic acids is 1. The van der Waals surface area contributed by atoms with Gasteiger partial charge in [-0.25, -0.2) is 9.37 Å². The van der Waals surface area contributed by atoms with Crippen LogP contribution in [-0.2, 0) is 0 Å². The van der Waals surface area contributed by atoms with Crippen LogP contribution in [0.3, 0.4) is 0 Å². The molecule has 1 aromatic carbocycles. The Morgan fingerprint density at radius 3 is 2.48 bits per heavy atom. The van der Waals surface area contributed by atoms with E-state index in [0.717, 1.165) is 0 Å². The Kier molecular flexibility index (Phi) is 5.76. The highest BCUT2D eigenvalue weighted by Gasteiger charge is 2.22. The third-order valence-electron chi connectivity index (χ3n) is 3.30. The molecule has 1 unspecified atom stereocenters. The van der Waals surface area contributed by atoms with Gasteiger partial charge in [-0.2, -0.15) is 0 Å². The lowest BCUT2D eigenvalue weighted by atomic mass is 10.1. The highest BCUT2D eigenvalue weighted by molar-refractivity contribution is 5.92. The van der Waals surface area contributed by atoms with Gasteiger partial charge in [-0.3, -0.25) is 9.78 Å². The summed E-state index contributed by atoms with van der Waals surface area (Å²) >= 11 is 0. The smallest absolute Gasteiger partial charge is 0.274 e. The Morgan fingerprint density at radius 2 is 1.91 bits per heavy atom. The average Bonchev–Trinajstić information content (AvgIpc) is 2.54. The minimum atomic E-state index is -0.894. The van der Waals surface area contributed by atoms with Crippen molar-refractivity contribution in [3.05, 3.63) is 59.9 Å². The molecule has 2 rings (SSSR count). The number of halogens is 1. The van der Waals surface area contributed by atoms with Gasteiger partial charge in [0.05, 0.1) is 18.8 Å². The van der Waals surface area contributed by atoms with Gasteiger partial charge in [-0.05, 0) is 23.6 Å². The van der Waals surface area contributed by atoms with Gasteiger partial charge < -0.3 is 10.0 Å². The summed E-state index contributed by atoms with van der Waals surface area (Å²) in [4.78, 5) is 22.0. The van der Waals surface area contributed by atoms with Crippen molar-refractivity contribution in [3.8, 4) is 0 Å². The Morgan fingerprint density at radius 1 is 1.22 bits per heavy atom. The lowest BCUT2D eigenvalue weighted by molar-refractivity contribution is 0.0588. The van der Waals surface area contributed by atoms with Crippen LogP contribution in [0.15, 0.2) is 42.9 Å². The van der Waals surface area contributed by atoms with E-state index in [4.69, 9.17) is 0 Å². The van der Waals surface area contributed by atoms with E-state index in [2.05, 4.69) is 9.97 Å². The fourth-order valence-electron chi connectivity index (χ4n) is 2.25. The summed E-state index contributed by atoms with van der Waals surface area (Å²) in [7, 11) is 0. The van der Waals surface area contributed by atoms with Crippen LogP contribution in [0.1, 0.15) is 36.0 Å². The van der Waals surface area contributed by atoms with Crippen molar-refractivity contribution in [2.24, 2.45) is 5.92 Å². The molecular weight excluding hydrogens is 297 g/mol. The van der Waals surface area contributed by atoms with Gasteiger partial charge in [-0.15, -0.1) is 0 Å². The molecule has 1 N–H and O–H groups in total. The van der Waals surface area contributed by atoms with E-state index in [1.54, 1.807) is 4.90 Å². The molecule has 0 radical (unpaired) electrons. The van der Waals surface area contributed by atoms with Crippen LogP contribution in [0.5, 0.6) is 0 Å². The zero-order chi connectivity index (χ0) is 16.8. The van der Waals surface area contributed by atoms with Crippen LogP contribution in [0, 0.1) is 11.7 Å². The molecule has 0 aliphatic carbocycles. The molecule has 122 valence electrons. The Hall–Kier alpha value is -2.34. The Bertz CT molecular complexity index is 632. The highest BCUT2D eigenvalue weighted by atomic mass is 19.1. The molecule has 0 bridgehead atoms. The van der Waals surface area contributed by atoms with E-state index in [9.17, 15) is 14.3 Å². The summed E-state index contributed by atoms with van der Waals surface area (Å²) < 4.78 is 13.0. The topological polar surface area (TPSA) is 66.3 Å². The molecule has 1 aromatic heterocycles. The van der Waals surface area contributed by atoms with Crippen molar-refractivity contribution >= 4 is 5.91 Å². The fraction of sp³-hybridized carbons (Fsp3) is 0.353. The number of hydrogen-bond donors (Lipinski definition) is 1. The van der Waals surface area contributed by atoms with Crippen molar-refractivity contribution in [1.29, 1.82) is 0 Å². The maximum Gasteiger partial charge on any atom is 0.274 e. The van der Waals surface area contributed by atoms with Crippen molar-refractivity contribution < 1.29 is 14.3 Å². The number of carbonyl (C=O) groups is 1. The minimum Gasteiger partial charge on any atom is -0.387 e. The van der Waals surface area contributed by atoms with E-state index in [-0.39, 0.29) is 29.9 Å². The molecule has 0 aliphatic heterocycles. The van der Waals surface area contributed by atoms with Crippen LogP contribution < -0.4 is 0 Å². The zero-order valence-corrected chi connectivity index (χ0v) is 13.2. The molecule has 1 amide bonds. The van der Waals surface area contributed by atoms with E-state index < -0.39 is 6.10 Å². The number of amides is 1. The van der Waals surface area contributed by atoms with Gasteiger partial charge in [0.1, 0.15) is 11.5 Å². The molecule has 0 aliphatic rings. The Labute approximate surface area is 134 Å². The number of nitrogens with zero attached hydrogens (tertiary/aromatic N) is 3. The molecule has 0 fully saturated rings. The van der Waals surface area contributed by atoms with Gasteiger partial charge in [0.25, 0.3) is 5.91 Å². The molecule has 0 saturated heterocycles. The second-order valence-corrected chi connectivity index (χ2v) is 5.76. The van der Waals surface area contributed by atoms with Crippen LogP contribution in [0.25, 0.3) is 0 Å². The van der Waals surface area contributed by atoms with Gasteiger partial charge in [0.15, 0.2) is 0 Å². The van der Waals surface area contributed by atoms with Gasteiger partial charge >= 0.3 is 0 Å². The number of aliphatic hydroxyl groups excluding tert-OH is 1. The van der Waals surface area contributed by atoms with Crippen molar-refractivity contribution in [1.82, 2.24) is 14.9 Å². The first-order valence-electron chi connectivity index (χ1n) is 7.46. The third kappa shape index (κ3) is 4.82. The lowest BCUT2D eigenvalue weighted by Crippen LogP contribution is -2.38. The van der Waals surface area contributed by atoms with E-state index in [0.29, 0.717) is 12.1 Å². The molecule has 1 atom stereocenters. The zero-order valence-electron chi connectivity index (χ0n) is 13.2. The summed E-state index contributed by atoms with van der Waals surface area (Å²) in [6.45, 7) is 4.56. The van der Waals surface area contributed by atoms with Gasteiger partial charge in [0.2, 0.25) is 0 Å². The maximum atomic E-state index is 13.0. The minimum absolute atomic E-state index is 0.110. The first-order valence-corrected chi connectivity index (χ1v) is 7.46. The molecule has 1 heterocycles. The standard InChI is InChI=1S/C17H20FN3O2/c1-12(2)10-21(17(23)15-9-19-7-8-20-15)11-16(22)13-3-5-14(18)6-4-13/h3-9,12,16,22H,10-11H2,1-2H3. The van der Waals surface area contributed by atoms with Crippen molar-refractivity contribution in [3.63, 3.8) is 0 Å². The number of aliphatic hydroxyl groups is 1. The molecule has 0 saturated carbocycles. The van der Waals surface area contributed by atoms with Crippen molar-refractivity contribution in [2.75, 3.05) is 13.1 Å². The summed E-state index contributed by atoms with van der Waals surface area (Å²) in [5.41, 5.74) is 0.798.